The zero-order valence-electron chi connectivity index (χ0n) is 13.9. The van der Waals surface area contributed by atoms with Crippen molar-refractivity contribution in [2.75, 3.05) is 38.2 Å². The number of nitrogens with one attached hydrogen (secondary N) is 1. The van der Waals surface area contributed by atoms with Gasteiger partial charge in [-0.25, -0.2) is 9.50 Å². The van der Waals surface area contributed by atoms with Crippen molar-refractivity contribution in [2.45, 2.75) is 19.9 Å². The highest BCUT2D eigenvalue weighted by molar-refractivity contribution is 7.20. The van der Waals surface area contributed by atoms with Crippen LogP contribution in [0.3, 0.4) is 0 Å². The molecular weight excluding hydrogens is 326 g/mol. The number of aromatic nitrogens is 3. The zero-order valence-corrected chi connectivity index (χ0v) is 14.7. The Bertz CT molecular complexity index is 786. The summed E-state index contributed by atoms with van der Waals surface area (Å²) in [5, 5.41) is 8.86. The first-order valence-corrected chi connectivity index (χ1v) is 8.95. The van der Waals surface area contributed by atoms with Crippen LogP contribution in [0, 0.1) is 13.8 Å². The molecule has 4 rings (SSSR count). The molecule has 3 aromatic heterocycles. The monoisotopic (exact) mass is 347 g/mol. The van der Waals surface area contributed by atoms with Crippen molar-refractivity contribution in [1.29, 1.82) is 0 Å². The topological polar surface area (TPSA) is 67.8 Å². The quantitative estimate of drug-likeness (QED) is 0.765. The van der Waals surface area contributed by atoms with E-state index in [9.17, 15) is 0 Å². The molecule has 1 aliphatic rings. The van der Waals surface area contributed by atoms with E-state index in [1.54, 1.807) is 11.3 Å². The van der Waals surface area contributed by atoms with Gasteiger partial charge < -0.3 is 14.5 Å². The summed E-state index contributed by atoms with van der Waals surface area (Å²) in [6.07, 6.45) is 1.94. The average molecular weight is 347 g/mol. The molecule has 1 fully saturated rings. The minimum atomic E-state index is 0.167. The van der Waals surface area contributed by atoms with Crippen LogP contribution in [0.15, 0.2) is 22.7 Å². The number of rotatable bonds is 5. The molecule has 0 aromatic carbocycles. The first-order valence-electron chi connectivity index (χ1n) is 8.14. The second-order valence-corrected chi connectivity index (χ2v) is 6.97. The van der Waals surface area contributed by atoms with Crippen molar-refractivity contribution in [2.24, 2.45) is 0 Å². The van der Waals surface area contributed by atoms with Crippen LogP contribution in [0.1, 0.15) is 23.3 Å². The van der Waals surface area contributed by atoms with Gasteiger partial charge in [0.05, 0.1) is 31.1 Å². The largest absolute Gasteiger partial charge is 0.465 e. The lowest BCUT2D eigenvalue weighted by atomic mass is 10.1. The fourth-order valence-electron chi connectivity index (χ4n) is 3.00. The SMILES string of the molecule is Cc1cn2nc(NCC(c3ccc(C)o3)N3CCOCC3)sc2n1. The lowest BCUT2D eigenvalue weighted by Gasteiger charge is -2.33. The highest BCUT2D eigenvalue weighted by Crippen LogP contribution is 2.26. The average Bonchev–Trinajstić information content (AvgIpc) is 3.23. The van der Waals surface area contributed by atoms with Crippen molar-refractivity contribution in [3.63, 3.8) is 0 Å². The van der Waals surface area contributed by atoms with E-state index in [1.807, 2.05) is 30.6 Å². The highest BCUT2D eigenvalue weighted by atomic mass is 32.1. The molecule has 0 spiro atoms. The number of morpholine rings is 1. The molecule has 0 saturated carbocycles. The molecule has 1 saturated heterocycles. The molecule has 0 aliphatic carbocycles. The normalized spacial score (nSPS) is 17.4. The van der Waals surface area contributed by atoms with Crippen LogP contribution in [-0.4, -0.2) is 52.3 Å². The van der Waals surface area contributed by atoms with E-state index >= 15 is 0 Å². The Morgan fingerprint density at radius 1 is 1.29 bits per heavy atom. The van der Waals surface area contributed by atoms with Gasteiger partial charge in [-0.1, -0.05) is 11.3 Å². The maximum absolute atomic E-state index is 5.89. The van der Waals surface area contributed by atoms with Crippen LogP contribution >= 0.6 is 11.3 Å². The first kappa shape index (κ1) is 15.6. The van der Waals surface area contributed by atoms with Crippen molar-refractivity contribution in [3.05, 3.63) is 35.5 Å². The number of fused-ring (bicyclic) bond motifs is 1. The number of ether oxygens (including phenoxy) is 1. The smallest absolute Gasteiger partial charge is 0.214 e. The lowest BCUT2D eigenvalue weighted by Crippen LogP contribution is -2.41. The molecule has 0 amide bonds. The summed E-state index contributed by atoms with van der Waals surface area (Å²) in [5.41, 5.74) is 0.984. The molecule has 1 N–H and O–H groups in total. The van der Waals surface area contributed by atoms with Crippen LogP contribution < -0.4 is 5.32 Å². The van der Waals surface area contributed by atoms with Crippen LogP contribution in [0.2, 0.25) is 0 Å². The summed E-state index contributed by atoms with van der Waals surface area (Å²) < 4.78 is 13.2. The Hall–Kier alpha value is -1.90. The van der Waals surface area contributed by atoms with E-state index in [0.717, 1.165) is 60.2 Å². The third-order valence-corrected chi connectivity index (χ3v) is 5.07. The number of furan rings is 1. The fourth-order valence-corrected chi connectivity index (χ4v) is 3.83. The van der Waals surface area contributed by atoms with Gasteiger partial charge in [0.1, 0.15) is 11.5 Å². The van der Waals surface area contributed by atoms with Gasteiger partial charge in [0.15, 0.2) is 0 Å². The van der Waals surface area contributed by atoms with Crippen LogP contribution in [0.25, 0.3) is 4.96 Å². The van der Waals surface area contributed by atoms with E-state index in [4.69, 9.17) is 9.15 Å². The molecule has 1 aliphatic heterocycles. The van der Waals surface area contributed by atoms with Crippen LogP contribution in [-0.2, 0) is 4.74 Å². The number of aryl methyl sites for hydroxylation is 2. The van der Waals surface area contributed by atoms with Crippen LogP contribution in [0.4, 0.5) is 5.13 Å². The minimum absolute atomic E-state index is 0.167. The third kappa shape index (κ3) is 3.17. The van der Waals surface area contributed by atoms with Gasteiger partial charge in [0.2, 0.25) is 10.1 Å². The van der Waals surface area contributed by atoms with Crippen molar-refractivity contribution in [1.82, 2.24) is 19.5 Å². The summed E-state index contributed by atoms with van der Waals surface area (Å²) in [6.45, 7) is 8.04. The maximum atomic E-state index is 5.89. The molecule has 0 radical (unpaired) electrons. The van der Waals surface area contributed by atoms with Crippen LogP contribution in [0.5, 0.6) is 0 Å². The number of hydrogen-bond acceptors (Lipinski definition) is 7. The Labute approximate surface area is 144 Å². The van der Waals surface area contributed by atoms with Crippen molar-refractivity contribution in [3.8, 4) is 0 Å². The Morgan fingerprint density at radius 3 is 2.83 bits per heavy atom. The van der Waals surface area contributed by atoms with Crippen molar-refractivity contribution >= 4 is 21.4 Å². The fraction of sp³-hybridized carbons (Fsp3) is 0.500. The molecule has 1 unspecified atom stereocenters. The molecule has 24 heavy (non-hydrogen) atoms. The molecule has 128 valence electrons. The van der Waals surface area contributed by atoms with Gasteiger partial charge in [0.25, 0.3) is 0 Å². The van der Waals surface area contributed by atoms with E-state index in [-0.39, 0.29) is 6.04 Å². The second kappa shape index (κ2) is 6.54. The third-order valence-electron chi connectivity index (χ3n) is 4.19. The summed E-state index contributed by atoms with van der Waals surface area (Å²) >= 11 is 1.56. The molecule has 0 bridgehead atoms. The minimum Gasteiger partial charge on any atom is -0.465 e. The predicted molar refractivity (Wildman–Crippen MR) is 92.7 cm³/mol. The van der Waals surface area contributed by atoms with E-state index in [2.05, 4.69) is 26.4 Å². The predicted octanol–water partition coefficient (Wildman–Crippen LogP) is 2.49. The van der Waals surface area contributed by atoms with Gasteiger partial charge >= 0.3 is 0 Å². The Morgan fingerprint density at radius 2 is 2.12 bits per heavy atom. The molecular formula is C16H21N5O2S. The molecule has 7 nitrogen and oxygen atoms in total. The lowest BCUT2D eigenvalue weighted by molar-refractivity contribution is 0.0143. The number of anilines is 1. The standard InChI is InChI=1S/C16H21N5O2S/c1-11-10-21-16(18-11)24-15(19-21)17-9-13(14-4-3-12(2)23-14)20-5-7-22-8-6-20/h3-4,10,13H,5-9H2,1-2H3,(H,17,19). The molecule has 3 aromatic rings. The van der Waals surface area contributed by atoms with Gasteiger partial charge in [-0.15, -0.1) is 5.10 Å². The highest BCUT2D eigenvalue weighted by Gasteiger charge is 2.25. The molecule has 8 heteroatoms. The zero-order chi connectivity index (χ0) is 16.5. The first-order chi connectivity index (χ1) is 11.7. The van der Waals surface area contributed by atoms with Gasteiger partial charge in [-0.2, -0.15) is 0 Å². The molecule has 1 atom stereocenters. The summed E-state index contributed by atoms with van der Waals surface area (Å²) in [7, 11) is 0. The maximum Gasteiger partial charge on any atom is 0.214 e. The van der Waals surface area contributed by atoms with Gasteiger partial charge in [0, 0.05) is 19.6 Å². The summed E-state index contributed by atoms with van der Waals surface area (Å²) in [5.74, 6) is 1.92. The number of imidazole rings is 1. The van der Waals surface area contributed by atoms with Gasteiger partial charge in [-0.05, 0) is 26.0 Å². The van der Waals surface area contributed by atoms with Gasteiger partial charge in [-0.3, -0.25) is 4.90 Å². The molecule has 4 heterocycles. The van der Waals surface area contributed by atoms with E-state index < -0.39 is 0 Å². The van der Waals surface area contributed by atoms with E-state index in [0.29, 0.717) is 0 Å². The van der Waals surface area contributed by atoms with Crippen molar-refractivity contribution < 1.29 is 9.15 Å². The van der Waals surface area contributed by atoms with E-state index in [1.165, 1.54) is 0 Å². The number of nitrogens with zero attached hydrogens (tertiary/aromatic N) is 4. The summed E-state index contributed by atoms with van der Waals surface area (Å²) in [4.78, 5) is 7.76. The summed E-state index contributed by atoms with van der Waals surface area (Å²) in [6, 6.07) is 4.25. The second-order valence-electron chi connectivity index (χ2n) is 6.01. The Balaban J connectivity index is 1.51. The Kier molecular flexibility index (Phi) is 4.26. The number of hydrogen-bond donors (Lipinski definition) is 1.